The molecule has 3 aromatic rings. The summed E-state index contributed by atoms with van der Waals surface area (Å²) in [5.41, 5.74) is 4.40. The second kappa shape index (κ2) is 5.22. The second-order valence-corrected chi connectivity index (χ2v) is 6.03. The van der Waals surface area contributed by atoms with E-state index < -0.39 is 0 Å². The van der Waals surface area contributed by atoms with Crippen molar-refractivity contribution in [3.8, 4) is 0 Å². The molecule has 0 amide bonds. The molecule has 2 aromatic carbocycles. The maximum Gasteiger partial charge on any atom is 0.168 e. The van der Waals surface area contributed by atoms with Crippen LogP contribution in [0.3, 0.4) is 0 Å². The molecule has 20 heavy (non-hydrogen) atoms. The number of hydrogen-bond acceptors (Lipinski definition) is 2. The van der Waals surface area contributed by atoms with Crippen LogP contribution in [0.4, 0.5) is 0 Å². The molecule has 0 aliphatic rings. The van der Waals surface area contributed by atoms with Gasteiger partial charge in [0.25, 0.3) is 0 Å². The van der Waals surface area contributed by atoms with E-state index in [1.807, 2.05) is 29.6 Å². The molecule has 0 radical (unpaired) electrons. The van der Waals surface area contributed by atoms with Gasteiger partial charge in [0, 0.05) is 27.5 Å². The quantitative estimate of drug-likeness (QED) is 0.621. The molecule has 100 valence electrons. The SMILES string of the molecule is Cc1cccc(C)c1CC(=O)c1csc2ccccc12. The number of ketones is 1. The first kappa shape index (κ1) is 13.1. The van der Waals surface area contributed by atoms with Crippen molar-refractivity contribution in [3.63, 3.8) is 0 Å². The highest BCUT2D eigenvalue weighted by atomic mass is 32.1. The molecule has 0 spiro atoms. The van der Waals surface area contributed by atoms with Crippen LogP contribution in [0.15, 0.2) is 47.8 Å². The van der Waals surface area contributed by atoms with Gasteiger partial charge in [-0.15, -0.1) is 11.3 Å². The third kappa shape index (κ3) is 2.27. The first-order chi connectivity index (χ1) is 9.66. The first-order valence-corrected chi connectivity index (χ1v) is 7.59. The fourth-order valence-electron chi connectivity index (χ4n) is 2.58. The first-order valence-electron chi connectivity index (χ1n) is 6.71. The summed E-state index contributed by atoms with van der Waals surface area (Å²) in [7, 11) is 0. The van der Waals surface area contributed by atoms with E-state index >= 15 is 0 Å². The lowest BCUT2D eigenvalue weighted by Crippen LogP contribution is -2.05. The highest BCUT2D eigenvalue weighted by molar-refractivity contribution is 7.17. The summed E-state index contributed by atoms with van der Waals surface area (Å²) in [6.07, 6.45) is 0.485. The third-order valence-electron chi connectivity index (χ3n) is 3.76. The van der Waals surface area contributed by atoms with Crippen molar-refractivity contribution >= 4 is 27.2 Å². The second-order valence-electron chi connectivity index (χ2n) is 5.12. The van der Waals surface area contributed by atoms with Gasteiger partial charge in [-0.3, -0.25) is 4.79 Å². The van der Waals surface area contributed by atoms with Crippen LogP contribution in [0.1, 0.15) is 27.0 Å². The normalized spacial score (nSPS) is 10.9. The number of hydrogen-bond donors (Lipinski definition) is 0. The maximum atomic E-state index is 12.6. The molecule has 0 unspecified atom stereocenters. The van der Waals surface area contributed by atoms with E-state index in [0.717, 1.165) is 16.5 Å². The Morgan fingerprint density at radius 3 is 2.45 bits per heavy atom. The molecular weight excluding hydrogens is 264 g/mol. The average Bonchev–Trinajstić information content (AvgIpc) is 2.87. The molecule has 0 N–H and O–H groups in total. The molecule has 0 aliphatic carbocycles. The van der Waals surface area contributed by atoms with Gasteiger partial charge in [-0.2, -0.15) is 0 Å². The average molecular weight is 280 g/mol. The van der Waals surface area contributed by atoms with Crippen LogP contribution in [0.25, 0.3) is 10.1 Å². The van der Waals surface area contributed by atoms with Crippen molar-refractivity contribution in [2.45, 2.75) is 20.3 Å². The fourth-order valence-corrected chi connectivity index (χ4v) is 3.54. The van der Waals surface area contributed by atoms with Gasteiger partial charge in [-0.05, 0) is 36.6 Å². The zero-order chi connectivity index (χ0) is 14.1. The molecule has 0 saturated heterocycles. The fraction of sp³-hybridized carbons (Fsp3) is 0.167. The molecule has 0 atom stereocenters. The third-order valence-corrected chi connectivity index (χ3v) is 4.73. The maximum absolute atomic E-state index is 12.6. The predicted octanol–water partition coefficient (Wildman–Crippen LogP) is 4.94. The van der Waals surface area contributed by atoms with Gasteiger partial charge in [0.05, 0.1) is 0 Å². The molecule has 2 heteroatoms. The highest BCUT2D eigenvalue weighted by Gasteiger charge is 2.14. The molecule has 0 bridgehead atoms. The van der Waals surface area contributed by atoms with Crippen LogP contribution >= 0.6 is 11.3 Å². The van der Waals surface area contributed by atoms with Gasteiger partial charge in [-0.25, -0.2) is 0 Å². The number of carbonyl (C=O) groups is 1. The monoisotopic (exact) mass is 280 g/mol. The van der Waals surface area contributed by atoms with E-state index in [1.54, 1.807) is 11.3 Å². The largest absolute Gasteiger partial charge is 0.294 e. The van der Waals surface area contributed by atoms with E-state index in [0.29, 0.717) is 6.42 Å². The Morgan fingerprint density at radius 1 is 1.00 bits per heavy atom. The van der Waals surface area contributed by atoms with Gasteiger partial charge >= 0.3 is 0 Å². The molecule has 1 nitrogen and oxygen atoms in total. The van der Waals surface area contributed by atoms with Crippen molar-refractivity contribution in [2.75, 3.05) is 0 Å². The number of carbonyl (C=O) groups excluding carboxylic acids is 1. The molecular formula is C18H16OS. The summed E-state index contributed by atoms with van der Waals surface area (Å²) in [4.78, 5) is 12.6. The van der Waals surface area contributed by atoms with E-state index in [9.17, 15) is 4.79 Å². The lowest BCUT2D eigenvalue weighted by Gasteiger charge is -2.08. The van der Waals surface area contributed by atoms with Gasteiger partial charge in [-0.1, -0.05) is 36.4 Å². The Kier molecular flexibility index (Phi) is 3.41. The molecule has 3 rings (SSSR count). The van der Waals surface area contributed by atoms with Crippen molar-refractivity contribution in [1.29, 1.82) is 0 Å². The lowest BCUT2D eigenvalue weighted by atomic mass is 9.95. The predicted molar refractivity (Wildman–Crippen MR) is 85.8 cm³/mol. The van der Waals surface area contributed by atoms with Crippen molar-refractivity contribution in [1.82, 2.24) is 0 Å². The van der Waals surface area contributed by atoms with Gasteiger partial charge in [0.2, 0.25) is 0 Å². The Bertz CT molecular complexity index is 763. The van der Waals surface area contributed by atoms with Gasteiger partial charge in [0.1, 0.15) is 0 Å². The summed E-state index contributed by atoms with van der Waals surface area (Å²) in [5, 5.41) is 3.06. The number of rotatable bonds is 3. The zero-order valence-corrected chi connectivity index (χ0v) is 12.5. The molecule has 1 heterocycles. The van der Waals surface area contributed by atoms with Crippen molar-refractivity contribution in [3.05, 3.63) is 70.1 Å². The number of thiophene rings is 1. The topological polar surface area (TPSA) is 17.1 Å². The minimum atomic E-state index is 0.208. The zero-order valence-electron chi connectivity index (χ0n) is 11.6. The van der Waals surface area contributed by atoms with Crippen LogP contribution in [0.5, 0.6) is 0 Å². The molecule has 0 aliphatic heterocycles. The molecule has 0 fully saturated rings. The minimum absolute atomic E-state index is 0.208. The highest BCUT2D eigenvalue weighted by Crippen LogP contribution is 2.27. The van der Waals surface area contributed by atoms with E-state index in [4.69, 9.17) is 0 Å². The van der Waals surface area contributed by atoms with Crippen LogP contribution in [0, 0.1) is 13.8 Å². The standard InChI is InChI=1S/C18H16OS/c1-12-6-5-7-13(2)15(12)10-17(19)16-11-20-18-9-4-3-8-14(16)18/h3-9,11H,10H2,1-2H3. The number of aryl methyl sites for hydroxylation is 2. The summed E-state index contributed by atoms with van der Waals surface area (Å²) < 4.78 is 1.18. The summed E-state index contributed by atoms with van der Waals surface area (Å²) >= 11 is 1.64. The number of benzene rings is 2. The Morgan fingerprint density at radius 2 is 1.70 bits per heavy atom. The van der Waals surface area contributed by atoms with E-state index in [1.165, 1.54) is 15.8 Å². The Labute approximate surface area is 122 Å². The molecule has 1 aromatic heterocycles. The summed E-state index contributed by atoms with van der Waals surface area (Å²) in [6.45, 7) is 4.14. The van der Waals surface area contributed by atoms with Gasteiger partial charge in [0.15, 0.2) is 5.78 Å². The van der Waals surface area contributed by atoms with E-state index in [-0.39, 0.29) is 5.78 Å². The minimum Gasteiger partial charge on any atom is -0.294 e. The van der Waals surface area contributed by atoms with E-state index in [2.05, 4.69) is 32.0 Å². The number of Topliss-reactive ketones (excluding diaryl/α,β-unsaturated/α-hetero) is 1. The van der Waals surface area contributed by atoms with Crippen LogP contribution in [-0.2, 0) is 6.42 Å². The summed E-state index contributed by atoms with van der Waals surface area (Å²) in [6, 6.07) is 14.3. The Hall–Kier alpha value is -1.93. The number of fused-ring (bicyclic) bond motifs is 1. The molecule has 0 saturated carbocycles. The smallest absolute Gasteiger partial charge is 0.168 e. The van der Waals surface area contributed by atoms with Crippen molar-refractivity contribution < 1.29 is 4.79 Å². The van der Waals surface area contributed by atoms with Crippen molar-refractivity contribution in [2.24, 2.45) is 0 Å². The Balaban J connectivity index is 1.98. The van der Waals surface area contributed by atoms with Crippen LogP contribution in [-0.4, -0.2) is 5.78 Å². The lowest BCUT2D eigenvalue weighted by molar-refractivity contribution is 0.0994. The van der Waals surface area contributed by atoms with Crippen LogP contribution < -0.4 is 0 Å². The summed E-state index contributed by atoms with van der Waals surface area (Å²) in [5.74, 6) is 0.208. The van der Waals surface area contributed by atoms with Crippen LogP contribution in [0.2, 0.25) is 0 Å². The van der Waals surface area contributed by atoms with Gasteiger partial charge < -0.3 is 0 Å².